The fourth-order valence-electron chi connectivity index (χ4n) is 3.65. The quantitative estimate of drug-likeness (QED) is 0.660. The number of sulfonamides is 1. The molecule has 0 aliphatic carbocycles. The van der Waals surface area contributed by atoms with E-state index < -0.39 is 15.9 Å². The Bertz CT molecular complexity index is 1170. The second-order valence-corrected chi connectivity index (χ2v) is 9.65. The Kier molecular flexibility index (Phi) is 6.66. The molecule has 0 saturated carbocycles. The number of ether oxygens (including phenoxy) is 2. The number of nitrogens with two attached hydrogens (primary N) is 1. The molecule has 174 valence electrons. The predicted molar refractivity (Wildman–Crippen MR) is 121 cm³/mol. The van der Waals surface area contributed by atoms with Crippen molar-refractivity contribution < 1.29 is 27.5 Å². The van der Waals surface area contributed by atoms with Crippen molar-refractivity contribution in [1.29, 1.82) is 0 Å². The zero-order valence-corrected chi connectivity index (χ0v) is 18.8. The first-order chi connectivity index (χ1) is 15.8. The molecule has 1 fully saturated rings. The number of hydrogen-bond donors (Lipinski definition) is 1. The Labute approximate surface area is 192 Å². The van der Waals surface area contributed by atoms with Crippen molar-refractivity contribution in [3.05, 3.63) is 59.7 Å². The molecule has 2 aliphatic heterocycles. The first kappa shape index (κ1) is 22.8. The molecule has 2 aliphatic rings. The van der Waals surface area contributed by atoms with Crippen LogP contribution >= 0.6 is 0 Å². The van der Waals surface area contributed by atoms with Gasteiger partial charge in [0.1, 0.15) is 0 Å². The van der Waals surface area contributed by atoms with E-state index in [1.807, 2.05) is 18.2 Å². The summed E-state index contributed by atoms with van der Waals surface area (Å²) in [6.45, 7) is 2.13. The number of hydrogen-bond acceptors (Lipinski definition) is 6. The first-order valence-electron chi connectivity index (χ1n) is 10.6. The van der Waals surface area contributed by atoms with Crippen molar-refractivity contribution in [2.45, 2.75) is 11.3 Å². The molecule has 2 amide bonds. The summed E-state index contributed by atoms with van der Waals surface area (Å²) in [5.41, 5.74) is 6.26. The molecule has 0 unspecified atom stereocenters. The van der Waals surface area contributed by atoms with Crippen LogP contribution in [0.3, 0.4) is 0 Å². The van der Waals surface area contributed by atoms with E-state index in [2.05, 4.69) is 0 Å². The molecule has 4 rings (SSSR count). The van der Waals surface area contributed by atoms with Crippen LogP contribution in [0.15, 0.2) is 53.4 Å². The molecule has 9 nitrogen and oxygen atoms in total. The summed E-state index contributed by atoms with van der Waals surface area (Å²) >= 11 is 0. The SMILES string of the molecule is NC(=O)c1ccc(S(=O)(=O)N2CCN(C(=O)C=Cc3ccc4c(c3)OCCCO4)CC2)cc1. The van der Waals surface area contributed by atoms with Gasteiger partial charge in [-0.15, -0.1) is 0 Å². The number of piperazine rings is 1. The van der Waals surface area contributed by atoms with Crippen molar-refractivity contribution >= 4 is 27.9 Å². The zero-order chi connectivity index (χ0) is 23.4. The second-order valence-electron chi connectivity index (χ2n) is 7.71. The normalized spacial score (nSPS) is 17.0. The van der Waals surface area contributed by atoms with Crippen molar-refractivity contribution in [2.24, 2.45) is 5.73 Å². The van der Waals surface area contributed by atoms with Gasteiger partial charge < -0.3 is 20.1 Å². The van der Waals surface area contributed by atoms with Crippen molar-refractivity contribution in [3.63, 3.8) is 0 Å². The van der Waals surface area contributed by atoms with Gasteiger partial charge in [0.05, 0.1) is 18.1 Å². The summed E-state index contributed by atoms with van der Waals surface area (Å²) in [6.07, 6.45) is 4.00. The fraction of sp³-hybridized carbons (Fsp3) is 0.304. The molecule has 0 radical (unpaired) electrons. The summed E-state index contributed by atoms with van der Waals surface area (Å²) in [5, 5.41) is 0. The van der Waals surface area contributed by atoms with Crippen LogP contribution in [0.4, 0.5) is 0 Å². The van der Waals surface area contributed by atoms with Crippen LogP contribution in [0, 0.1) is 0 Å². The lowest BCUT2D eigenvalue weighted by atomic mass is 10.2. The Hall–Kier alpha value is -3.37. The van der Waals surface area contributed by atoms with E-state index in [1.54, 1.807) is 11.0 Å². The molecule has 2 N–H and O–H groups in total. The number of carbonyl (C=O) groups is 2. The maximum Gasteiger partial charge on any atom is 0.248 e. The van der Waals surface area contributed by atoms with Crippen LogP contribution < -0.4 is 15.2 Å². The van der Waals surface area contributed by atoms with Crippen LogP contribution in [0.2, 0.25) is 0 Å². The molecular weight excluding hydrogens is 446 g/mol. The largest absolute Gasteiger partial charge is 0.490 e. The molecule has 1 saturated heterocycles. The van der Waals surface area contributed by atoms with Gasteiger partial charge in [-0.1, -0.05) is 6.07 Å². The maximum atomic E-state index is 12.9. The van der Waals surface area contributed by atoms with Crippen LogP contribution in [0.5, 0.6) is 11.5 Å². The Morgan fingerprint density at radius 2 is 1.58 bits per heavy atom. The van der Waals surface area contributed by atoms with Crippen molar-refractivity contribution in [2.75, 3.05) is 39.4 Å². The highest BCUT2D eigenvalue weighted by Crippen LogP contribution is 2.30. The third kappa shape index (κ3) is 5.18. The van der Waals surface area contributed by atoms with E-state index >= 15 is 0 Å². The number of rotatable bonds is 5. The molecule has 10 heteroatoms. The molecule has 0 aromatic heterocycles. The third-order valence-corrected chi connectivity index (χ3v) is 7.43. The summed E-state index contributed by atoms with van der Waals surface area (Å²) in [5.74, 6) is 0.540. The lowest BCUT2D eigenvalue weighted by Crippen LogP contribution is -2.50. The molecule has 2 aromatic carbocycles. The van der Waals surface area contributed by atoms with Crippen LogP contribution in [0.1, 0.15) is 22.3 Å². The number of carbonyl (C=O) groups excluding carboxylic acids is 2. The summed E-state index contributed by atoms with van der Waals surface area (Å²) in [6, 6.07) is 11.0. The smallest absolute Gasteiger partial charge is 0.248 e. The molecule has 0 spiro atoms. The van der Waals surface area contributed by atoms with Gasteiger partial charge in [0.25, 0.3) is 0 Å². The van der Waals surface area contributed by atoms with Gasteiger partial charge in [-0.25, -0.2) is 8.42 Å². The minimum Gasteiger partial charge on any atom is -0.490 e. The lowest BCUT2D eigenvalue weighted by Gasteiger charge is -2.33. The maximum absolute atomic E-state index is 12.9. The predicted octanol–water partition coefficient (Wildman–Crippen LogP) is 1.49. The summed E-state index contributed by atoms with van der Waals surface area (Å²) in [7, 11) is -3.72. The van der Waals surface area contributed by atoms with Gasteiger partial charge in [-0.05, 0) is 48.0 Å². The van der Waals surface area contributed by atoms with Crippen molar-refractivity contribution in [1.82, 2.24) is 9.21 Å². The molecule has 2 aromatic rings. The number of fused-ring (bicyclic) bond motifs is 1. The van der Waals surface area contributed by atoms with Crippen molar-refractivity contribution in [3.8, 4) is 11.5 Å². The zero-order valence-electron chi connectivity index (χ0n) is 18.0. The Balaban J connectivity index is 1.36. The molecule has 0 bridgehead atoms. The highest BCUT2D eigenvalue weighted by atomic mass is 32.2. The van der Waals surface area contributed by atoms with Gasteiger partial charge in [0, 0.05) is 44.2 Å². The van der Waals surface area contributed by atoms with E-state index in [0.29, 0.717) is 24.7 Å². The topological polar surface area (TPSA) is 119 Å². The second kappa shape index (κ2) is 9.63. The third-order valence-electron chi connectivity index (χ3n) is 5.52. The summed E-state index contributed by atoms with van der Waals surface area (Å²) < 4.78 is 38.4. The van der Waals surface area contributed by atoms with E-state index in [1.165, 1.54) is 34.6 Å². The molecule has 0 atom stereocenters. The van der Waals surface area contributed by atoms with Crippen LogP contribution in [-0.4, -0.2) is 68.8 Å². The number of amides is 2. The average Bonchev–Trinajstić information content (AvgIpc) is 3.07. The monoisotopic (exact) mass is 471 g/mol. The lowest BCUT2D eigenvalue weighted by molar-refractivity contribution is -0.127. The first-order valence-corrected chi connectivity index (χ1v) is 12.1. The van der Waals surface area contributed by atoms with E-state index in [-0.39, 0.29) is 42.5 Å². The van der Waals surface area contributed by atoms with Gasteiger partial charge >= 0.3 is 0 Å². The van der Waals surface area contributed by atoms with E-state index in [4.69, 9.17) is 15.2 Å². The van der Waals surface area contributed by atoms with Gasteiger partial charge in [-0.3, -0.25) is 9.59 Å². The molecule has 33 heavy (non-hydrogen) atoms. The average molecular weight is 472 g/mol. The standard InChI is InChI=1S/C23H25N3O6S/c24-23(28)18-4-6-19(7-5-18)33(29,30)26-12-10-25(11-13-26)22(27)9-3-17-2-8-20-21(16-17)32-15-1-14-31-20/h2-9,16H,1,10-15H2,(H2,24,28). The fourth-order valence-corrected chi connectivity index (χ4v) is 5.07. The number of benzene rings is 2. The molecule has 2 heterocycles. The van der Waals surface area contributed by atoms with Crippen LogP contribution in [-0.2, 0) is 14.8 Å². The van der Waals surface area contributed by atoms with Gasteiger partial charge in [-0.2, -0.15) is 4.31 Å². The highest BCUT2D eigenvalue weighted by Gasteiger charge is 2.29. The number of nitrogens with zero attached hydrogens (tertiary/aromatic N) is 2. The van der Waals surface area contributed by atoms with E-state index in [0.717, 1.165) is 12.0 Å². The molecular formula is C23H25N3O6S. The van der Waals surface area contributed by atoms with E-state index in [9.17, 15) is 18.0 Å². The van der Waals surface area contributed by atoms with Crippen LogP contribution in [0.25, 0.3) is 6.08 Å². The minimum absolute atomic E-state index is 0.0848. The number of primary amides is 1. The van der Waals surface area contributed by atoms with Gasteiger partial charge in [0.15, 0.2) is 11.5 Å². The highest BCUT2D eigenvalue weighted by molar-refractivity contribution is 7.89. The Morgan fingerprint density at radius 3 is 2.24 bits per heavy atom. The Morgan fingerprint density at radius 1 is 0.909 bits per heavy atom. The summed E-state index contributed by atoms with van der Waals surface area (Å²) in [4.78, 5) is 25.5. The minimum atomic E-state index is -3.72. The van der Waals surface area contributed by atoms with Gasteiger partial charge in [0.2, 0.25) is 21.8 Å².